The molecule has 6 heteroatoms. The fourth-order valence-electron chi connectivity index (χ4n) is 2.27. The van der Waals surface area contributed by atoms with Gasteiger partial charge < -0.3 is 9.67 Å². The number of aromatic nitrogens is 2. The van der Waals surface area contributed by atoms with Crippen molar-refractivity contribution in [3.8, 4) is 0 Å². The van der Waals surface area contributed by atoms with Crippen molar-refractivity contribution in [2.45, 2.75) is 38.4 Å². The number of aliphatic carboxylic acids is 1. The van der Waals surface area contributed by atoms with Gasteiger partial charge in [0.15, 0.2) is 5.16 Å². The Bertz CT molecular complexity index is 656. The van der Waals surface area contributed by atoms with E-state index in [4.69, 9.17) is 5.11 Å². The summed E-state index contributed by atoms with van der Waals surface area (Å²) in [7, 11) is 0. The number of imidazole rings is 1. The first-order chi connectivity index (χ1) is 9.93. The molecule has 1 heterocycles. The smallest absolute Gasteiger partial charge is 0.313 e. The van der Waals surface area contributed by atoms with E-state index in [2.05, 4.69) is 25.8 Å². The molecule has 2 atom stereocenters. The van der Waals surface area contributed by atoms with E-state index < -0.39 is 5.97 Å². The van der Waals surface area contributed by atoms with Crippen molar-refractivity contribution in [3.63, 3.8) is 0 Å². The van der Waals surface area contributed by atoms with Gasteiger partial charge >= 0.3 is 5.97 Å². The van der Waals surface area contributed by atoms with Crippen LogP contribution in [0.15, 0.2) is 23.4 Å². The first kappa shape index (κ1) is 15.8. The molecule has 0 fully saturated rings. The molecule has 0 saturated heterocycles. The lowest BCUT2D eigenvalue weighted by atomic mass is 10.0. The number of fused-ring (bicyclic) bond motifs is 1. The van der Waals surface area contributed by atoms with Crippen LogP contribution in [0.5, 0.6) is 0 Å². The summed E-state index contributed by atoms with van der Waals surface area (Å²) in [4.78, 5) is 15.2. The Morgan fingerprint density at radius 2 is 2.19 bits per heavy atom. The molecule has 0 aliphatic rings. The summed E-state index contributed by atoms with van der Waals surface area (Å²) in [5, 5.41) is 9.49. The third-order valence-electron chi connectivity index (χ3n) is 3.82. The largest absolute Gasteiger partial charge is 0.481 e. The van der Waals surface area contributed by atoms with Crippen LogP contribution in [0, 0.1) is 11.7 Å². The number of carboxylic acids is 1. The van der Waals surface area contributed by atoms with Gasteiger partial charge in [-0.1, -0.05) is 32.0 Å². The summed E-state index contributed by atoms with van der Waals surface area (Å²) in [6.07, 6.45) is 1.01. The summed E-state index contributed by atoms with van der Waals surface area (Å²) in [6.45, 7) is 6.35. The molecule has 0 aliphatic heterocycles. The first-order valence-electron chi connectivity index (χ1n) is 6.96. The van der Waals surface area contributed by atoms with Crippen LogP contribution in [0.25, 0.3) is 11.0 Å². The topological polar surface area (TPSA) is 55.1 Å². The maximum atomic E-state index is 13.4. The molecular weight excluding hydrogens is 291 g/mol. The number of benzene rings is 1. The fourth-order valence-corrected chi connectivity index (χ4v) is 3.09. The van der Waals surface area contributed by atoms with Crippen LogP contribution >= 0.6 is 11.8 Å². The number of carbonyl (C=O) groups is 1. The lowest BCUT2D eigenvalue weighted by Gasteiger charge is -2.22. The van der Waals surface area contributed by atoms with Gasteiger partial charge in [0.1, 0.15) is 5.82 Å². The van der Waals surface area contributed by atoms with E-state index >= 15 is 0 Å². The van der Waals surface area contributed by atoms with Gasteiger partial charge in [0.2, 0.25) is 0 Å². The number of hydrogen-bond acceptors (Lipinski definition) is 3. The molecule has 2 unspecified atom stereocenters. The molecule has 1 N–H and O–H groups in total. The number of halogens is 1. The molecule has 2 aromatic rings. The summed E-state index contributed by atoms with van der Waals surface area (Å²) in [6, 6.07) is 4.68. The highest BCUT2D eigenvalue weighted by atomic mass is 32.2. The average Bonchev–Trinajstić information content (AvgIpc) is 2.80. The van der Waals surface area contributed by atoms with Gasteiger partial charge in [-0.25, -0.2) is 9.37 Å². The standard InChI is InChI=1S/C15H19FN2O2S/c1-4-9(2)10(3)18-13-6-5-11(16)7-12(13)17-15(18)21-8-14(19)20/h5-7,9-10H,4,8H2,1-3H3,(H,19,20). The molecular formula is C15H19FN2O2S. The number of thioether (sulfide) groups is 1. The zero-order chi connectivity index (χ0) is 15.6. The Hall–Kier alpha value is -1.56. The monoisotopic (exact) mass is 310 g/mol. The SMILES string of the molecule is CCC(C)C(C)n1c(SCC(=O)O)nc2cc(F)ccc21. The zero-order valence-electron chi connectivity index (χ0n) is 12.3. The first-order valence-corrected chi connectivity index (χ1v) is 7.94. The van der Waals surface area contributed by atoms with Crippen LogP contribution in [0.3, 0.4) is 0 Å². The van der Waals surface area contributed by atoms with E-state index in [1.807, 2.05) is 4.57 Å². The van der Waals surface area contributed by atoms with Crippen LogP contribution in [0.4, 0.5) is 4.39 Å². The second-order valence-corrected chi connectivity index (χ2v) is 6.15. The fraction of sp³-hybridized carbons (Fsp3) is 0.467. The molecule has 0 radical (unpaired) electrons. The van der Waals surface area contributed by atoms with Crippen molar-refractivity contribution in [2.75, 3.05) is 5.75 Å². The summed E-state index contributed by atoms with van der Waals surface area (Å²) < 4.78 is 15.4. The van der Waals surface area contributed by atoms with Crippen molar-refractivity contribution in [3.05, 3.63) is 24.0 Å². The molecule has 114 valence electrons. The summed E-state index contributed by atoms with van der Waals surface area (Å²) in [5.74, 6) is -0.866. The predicted molar refractivity (Wildman–Crippen MR) is 82.2 cm³/mol. The normalized spacial score (nSPS) is 14.3. The van der Waals surface area contributed by atoms with Crippen LogP contribution in [-0.2, 0) is 4.79 Å². The van der Waals surface area contributed by atoms with Gasteiger partial charge in [0, 0.05) is 12.1 Å². The minimum atomic E-state index is -0.888. The highest BCUT2D eigenvalue weighted by Crippen LogP contribution is 2.32. The van der Waals surface area contributed by atoms with E-state index in [1.165, 1.54) is 23.9 Å². The van der Waals surface area contributed by atoms with Crippen molar-refractivity contribution >= 4 is 28.8 Å². The molecule has 1 aromatic heterocycles. The Kier molecular flexibility index (Phi) is 4.88. The van der Waals surface area contributed by atoms with Gasteiger partial charge in [0.05, 0.1) is 16.8 Å². The van der Waals surface area contributed by atoms with E-state index in [-0.39, 0.29) is 17.6 Å². The van der Waals surface area contributed by atoms with Crippen LogP contribution in [0.1, 0.15) is 33.2 Å². The van der Waals surface area contributed by atoms with Gasteiger partial charge in [-0.05, 0) is 25.0 Å². The molecule has 0 amide bonds. The Labute approximate surface area is 127 Å². The highest BCUT2D eigenvalue weighted by Gasteiger charge is 2.20. The van der Waals surface area contributed by atoms with Crippen molar-refractivity contribution in [2.24, 2.45) is 5.92 Å². The second-order valence-electron chi connectivity index (χ2n) is 5.21. The minimum absolute atomic E-state index is 0.0565. The molecule has 0 saturated carbocycles. The maximum absolute atomic E-state index is 13.4. The predicted octanol–water partition coefficient (Wildman–Crippen LogP) is 3.96. The van der Waals surface area contributed by atoms with Crippen LogP contribution < -0.4 is 0 Å². The van der Waals surface area contributed by atoms with Crippen LogP contribution in [-0.4, -0.2) is 26.4 Å². The Morgan fingerprint density at radius 3 is 2.81 bits per heavy atom. The van der Waals surface area contributed by atoms with E-state index in [0.717, 1.165) is 11.9 Å². The average molecular weight is 310 g/mol. The highest BCUT2D eigenvalue weighted by molar-refractivity contribution is 7.99. The quantitative estimate of drug-likeness (QED) is 0.821. The summed E-state index contributed by atoms with van der Waals surface area (Å²) >= 11 is 1.17. The second kappa shape index (κ2) is 6.47. The van der Waals surface area contributed by atoms with E-state index in [0.29, 0.717) is 16.6 Å². The third-order valence-corrected chi connectivity index (χ3v) is 4.76. The number of hydrogen-bond donors (Lipinski definition) is 1. The Balaban J connectivity index is 2.51. The Morgan fingerprint density at radius 1 is 1.48 bits per heavy atom. The number of carboxylic acid groups (broad SMARTS) is 1. The van der Waals surface area contributed by atoms with Gasteiger partial charge in [-0.2, -0.15) is 0 Å². The minimum Gasteiger partial charge on any atom is -0.481 e. The van der Waals surface area contributed by atoms with E-state index in [1.54, 1.807) is 6.07 Å². The molecule has 21 heavy (non-hydrogen) atoms. The van der Waals surface area contributed by atoms with Crippen LogP contribution in [0.2, 0.25) is 0 Å². The molecule has 0 aliphatic carbocycles. The molecule has 0 spiro atoms. The molecule has 1 aromatic carbocycles. The lowest BCUT2D eigenvalue weighted by molar-refractivity contribution is -0.133. The van der Waals surface area contributed by atoms with Crippen molar-refractivity contribution in [1.29, 1.82) is 0 Å². The molecule has 2 rings (SSSR count). The third kappa shape index (κ3) is 3.37. The summed E-state index contributed by atoms with van der Waals surface area (Å²) in [5.41, 5.74) is 1.41. The van der Waals surface area contributed by atoms with Gasteiger partial charge in [-0.15, -0.1) is 0 Å². The van der Waals surface area contributed by atoms with Gasteiger partial charge in [0.25, 0.3) is 0 Å². The number of rotatable bonds is 6. The molecule has 4 nitrogen and oxygen atoms in total. The maximum Gasteiger partial charge on any atom is 0.313 e. The van der Waals surface area contributed by atoms with Crippen molar-refractivity contribution < 1.29 is 14.3 Å². The number of nitrogens with zero attached hydrogens (tertiary/aromatic N) is 2. The lowest BCUT2D eigenvalue weighted by Crippen LogP contribution is -2.15. The molecule has 0 bridgehead atoms. The van der Waals surface area contributed by atoms with E-state index in [9.17, 15) is 9.18 Å². The van der Waals surface area contributed by atoms with Crippen molar-refractivity contribution in [1.82, 2.24) is 9.55 Å². The van der Waals surface area contributed by atoms with Gasteiger partial charge in [-0.3, -0.25) is 4.79 Å². The zero-order valence-corrected chi connectivity index (χ0v) is 13.2.